The van der Waals surface area contributed by atoms with E-state index in [4.69, 9.17) is 39.9 Å². The Morgan fingerprint density at radius 2 is 0.607 bits per heavy atom. The van der Waals surface area contributed by atoms with Crippen LogP contribution in [0.5, 0.6) is 0 Å². The molecule has 0 amide bonds. The molecule has 522 valence electrons. The summed E-state index contributed by atoms with van der Waals surface area (Å²) in [4.78, 5) is 51.4. The summed E-state index contributed by atoms with van der Waals surface area (Å²) in [7, 11) is 0. The van der Waals surface area contributed by atoms with Crippen LogP contribution >= 0.6 is 0 Å². The zero-order valence-electron chi connectivity index (χ0n) is 60.2. The number of hydrogen-bond acceptors (Lipinski definition) is 10. The van der Waals surface area contributed by atoms with Gasteiger partial charge in [0.05, 0.1) is 78.7 Å². The summed E-state index contributed by atoms with van der Waals surface area (Å²) >= 11 is 0. The number of nitrogens with zero attached hydrogens (tertiary/aromatic N) is 12. The van der Waals surface area contributed by atoms with E-state index in [9.17, 15) is 0 Å². The minimum absolute atomic E-state index is 0.707. The summed E-state index contributed by atoms with van der Waals surface area (Å²) in [6.07, 6.45) is 10.9. The van der Waals surface area contributed by atoms with E-state index >= 15 is 0 Å². The van der Waals surface area contributed by atoms with Gasteiger partial charge in [0.25, 0.3) is 0 Å². The highest BCUT2D eigenvalue weighted by atomic mass is 15.1. The second kappa shape index (κ2) is 27.4. The second-order valence-corrected chi connectivity index (χ2v) is 27.9. The first-order chi connectivity index (χ1) is 55.5. The van der Waals surface area contributed by atoms with E-state index in [2.05, 4.69) is 298 Å². The molecule has 112 heavy (non-hydrogen) atoms. The summed E-state index contributed by atoms with van der Waals surface area (Å²) in [5, 5.41) is 6.13. The first-order valence-electron chi connectivity index (χ1n) is 37.3. The minimum Gasteiger partial charge on any atom is -0.292 e. The van der Waals surface area contributed by atoms with Crippen LogP contribution in [0.2, 0.25) is 0 Å². The Morgan fingerprint density at radius 3 is 1.18 bits per heavy atom. The third-order valence-electron chi connectivity index (χ3n) is 21.2. The van der Waals surface area contributed by atoms with Crippen molar-refractivity contribution in [1.82, 2.24) is 59.0 Å². The average molecular weight is 1430 g/mol. The number of pyridine rings is 8. The van der Waals surface area contributed by atoms with Gasteiger partial charge in [-0.2, -0.15) is 0 Å². The van der Waals surface area contributed by atoms with Gasteiger partial charge in [-0.25, -0.2) is 29.9 Å². The summed E-state index contributed by atoms with van der Waals surface area (Å²) < 4.78 is 4.54. The fraction of sp³-hybridized carbons (Fsp3) is 0. The molecule has 0 aliphatic carbocycles. The largest absolute Gasteiger partial charge is 0.292 e. The van der Waals surface area contributed by atoms with Gasteiger partial charge >= 0.3 is 0 Å². The molecule has 10 aromatic heterocycles. The number of aromatic nitrogens is 12. The van der Waals surface area contributed by atoms with E-state index in [1.165, 1.54) is 0 Å². The fourth-order valence-electron chi connectivity index (χ4n) is 15.8. The van der Waals surface area contributed by atoms with Crippen LogP contribution in [-0.2, 0) is 0 Å². The Hall–Kier alpha value is -15.4. The molecule has 21 rings (SSSR count). The van der Waals surface area contributed by atoms with Crippen molar-refractivity contribution in [2.24, 2.45) is 0 Å². The minimum atomic E-state index is 0.707. The molecule has 11 aromatic carbocycles. The van der Waals surface area contributed by atoms with Crippen LogP contribution in [0.25, 0.3) is 212 Å². The van der Waals surface area contributed by atoms with Crippen molar-refractivity contribution in [1.29, 1.82) is 0 Å². The van der Waals surface area contributed by atoms with Crippen LogP contribution in [0.3, 0.4) is 0 Å². The van der Waals surface area contributed by atoms with E-state index in [-0.39, 0.29) is 0 Å². The van der Waals surface area contributed by atoms with E-state index in [0.29, 0.717) is 11.4 Å². The first-order valence-corrected chi connectivity index (χ1v) is 37.3. The second-order valence-electron chi connectivity index (χ2n) is 27.9. The average Bonchev–Trinajstić information content (AvgIpc) is 1.51. The molecule has 21 aromatic rings. The van der Waals surface area contributed by atoms with Crippen molar-refractivity contribution in [2.75, 3.05) is 0 Å². The molecule has 0 bridgehead atoms. The van der Waals surface area contributed by atoms with Crippen LogP contribution in [0.4, 0.5) is 0 Å². The molecule has 0 spiro atoms. The monoisotopic (exact) mass is 1430 g/mol. The van der Waals surface area contributed by atoms with E-state index in [0.717, 1.165) is 200 Å². The van der Waals surface area contributed by atoms with Crippen molar-refractivity contribution in [3.63, 3.8) is 0 Å². The van der Waals surface area contributed by atoms with Gasteiger partial charge in [-0.1, -0.05) is 206 Å². The fourth-order valence-corrected chi connectivity index (χ4v) is 15.8. The number of imidazole rings is 2. The Balaban J connectivity index is 0.670. The topological polar surface area (TPSA) is 139 Å². The van der Waals surface area contributed by atoms with Gasteiger partial charge in [-0.3, -0.25) is 29.1 Å². The predicted molar refractivity (Wildman–Crippen MR) is 453 cm³/mol. The van der Waals surface area contributed by atoms with Gasteiger partial charge in [-0.05, 0) is 189 Å². The Labute approximate surface area is 643 Å². The molecule has 12 nitrogen and oxygen atoms in total. The van der Waals surface area contributed by atoms with Gasteiger partial charge in [-0.15, -0.1) is 0 Å². The lowest BCUT2D eigenvalue weighted by Crippen LogP contribution is -1.97. The summed E-state index contributed by atoms with van der Waals surface area (Å²) in [6, 6.07) is 119. The molecule has 12 heteroatoms. The standard InChI is InChI=1S/C100H62N12/c1-5-18-69(19-6-1)99-109-97-91(111(99)77-24-9-3-10-25-77)43-40-80-79-28-13-14-29-83(79)107-95(93(80)97)68-37-33-64(34-38-68)75-61-89(85-30-15-16-50-103-85)106-90(62-75)88-58-74(49-55-104-88)73-39-42-84-82(57-73)81-41-44-92-98(110-100(70-20-7-2-8-21-70)112(92)78-26-11-4-12-27-78)94(81)96(108-84)67-35-31-63(32-36-67)71-22-17-23-72(56-71)76-59-86(65-45-51-101-52-46-65)105-87(60-76)66-47-53-102-54-48-66/h1-62H. The number of hydrogen-bond donors (Lipinski definition) is 0. The molecule has 0 N–H and O–H groups in total. The van der Waals surface area contributed by atoms with Crippen molar-refractivity contribution < 1.29 is 0 Å². The summed E-state index contributed by atoms with van der Waals surface area (Å²) in [5.41, 5.74) is 28.0. The lowest BCUT2D eigenvalue weighted by atomic mass is 9.94. The predicted octanol–water partition coefficient (Wildman–Crippen LogP) is 24.1. The maximum atomic E-state index is 5.69. The summed E-state index contributed by atoms with van der Waals surface area (Å²) in [5.74, 6) is 1.70. The van der Waals surface area contributed by atoms with Gasteiger partial charge in [0.15, 0.2) is 0 Å². The Morgan fingerprint density at radius 1 is 0.196 bits per heavy atom. The van der Waals surface area contributed by atoms with Crippen molar-refractivity contribution >= 4 is 65.4 Å². The normalized spacial score (nSPS) is 11.6. The van der Waals surface area contributed by atoms with Crippen molar-refractivity contribution in [2.45, 2.75) is 0 Å². The highest BCUT2D eigenvalue weighted by Gasteiger charge is 2.25. The lowest BCUT2D eigenvalue weighted by molar-refractivity contribution is 1.10. The molecule has 0 aliphatic rings. The van der Waals surface area contributed by atoms with Crippen LogP contribution in [0, 0.1) is 0 Å². The number of para-hydroxylation sites is 3. The maximum absolute atomic E-state index is 5.69. The van der Waals surface area contributed by atoms with Crippen molar-refractivity contribution in [3.05, 3.63) is 377 Å². The molecule has 0 saturated carbocycles. The van der Waals surface area contributed by atoms with Gasteiger partial charge in [0, 0.05) is 103 Å². The highest BCUT2D eigenvalue weighted by molar-refractivity contribution is 6.22. The van der Waals surface area contributed by atoms with Gasteiger partial charge in [0.2, 0.25) is 0 Å². The van der Waals surface area contributed by atoms with Crippen LogP contribution in [0.1, 0.15) is 0 Å². The number of rotatable bonds is 14. The van der Waals surface area contributed by atoms with Crippen LogP contribution in [0.15, 0.2) is 377 Å². The lowest BCUT2D eigenvalue weighted by Gasteiger charge is -2.14. The van der Waals surface area contributed by atoms with Crippen LogP contribution in [-0.4, -0.2) is 59.0 Å². The zero-order chi connectivity index (χ0) is 74.0. The van der Waals surface area contributed by atoms with E-state index < -0.39 is 0 Å². The molecular weight excluding hydrogens is 1370 g/mol. The van der Waals surface area contributed by atoms with E-state index in [1.807, 2.05) is 73.1 Å². The summed E-state index contributed by atoms with van der Waals surface area (Å²) in [6.45, 7) is 0. The molecule has 0 aliphatic heterocycles. The first kappa shape index (κ1) is 64.9. The molecule has 0 unspecified atom stereocenters. The van der Waals surface area contributed by atoms with Crippen LogP contribution < -0.4 is 0 Å². The molecule has 0 radical (unpaired) electrons. The quantitative estimate of drug-likeness (QED) is 0.0967. The SMILES string of the molecule is c1ccc(-c2nc3c4c(-c5ccc(-c6cc(-c7ccccn7)nc(-c7cc(-c8ccc9nc(-c%10ccc(-c%11cccc(-c%12cc(-c%13ccncc%13)nc(-c%13ccncc%13)c%12)c%11)cc%10)c%10c(ccc%11c%10nc(-c%10ccccc%10)n%11-c%10ccccc%10)c9c8)ccn7)c6)cc5)nc5ccccc5c4ccc3n2-c2ccccc2)cc1. The van der Waals surface area contributed by atoms with Gasteiger partial charge in [0.1, 0.15) is 11.6 Å². The Bertz CT molecular complexity index is 7130. The van der Waals surface area contributed by atoms with E-state index in [1.54, 1.807) is 24.8 Å². The molecule has 10 heterocycles. The smallest absolute Gasteiger partial charge is 0.145 e. The molecule has 0 atom stereocenters. The Kier molecular flexibility index (Phi) is 15.9. The number of benzene rings is 11. The molecule has 0 fully saturated rings. The third-order valence-corrected chi connectivity index (χ3v) is 21.2. The highest BCUT2D eigenvalue weighted by Crippen LogP contribution is 2.45. The third kappa shape index (κ3) is 11.7. The molecular formula is C100H62N12. The van der Waals surface area contributed by atoms with Crippen molar-refractivity contribution in [3.8, 4) is 146 Å². The number of fused-ring (bicyclic) bond motifs is 10. The zero-order valence-corrected chi connectivity index (χ0v) is 60.2. The maximum Gasteiger partial charge on any atom is 0.145 e. The molecule has 0 saturated heterocycles. The van der Waals surface area contributed by atoms with Gasteiger partial charge < -0.3 is 0 Å².